The molecule has 13 fully saturated rings. The number of carbonyl (C=O) groups is 20. The van der Waals surface area contributed by atoms with Gasteiger partial charge in [-0.3, -0.25) is 76.7 Å². The Bertz CT molecular complexity index is 5110. The van der Waals surface area contributed by atoms with E-state index in [1.165, 1.54) is 4.90 Å². The molecule has 21 atom stereocenters. The second-order valence-corrected chi connectivity index (χ2v) is 55.2. The van der Waals surface area contributed by atoms with Gasteiger partial charge in [-0.25, -0.2) is 19.2 Å². The molecule has 0 bridgehead atoms. The van der Waals surface area contributed by atoms with Gasteiger partial charge in [-0.1, -0.05) is 215 Å². The summed E-state index contributed by atoms with van der Waals surface area (Å²) in [7, 11) is 0. The minimum atomic E-state index is -1.18. The molecule has 0 aromatic rings. The Labute approximate surface area is 895 Å². The van der Waals surface area contributed by atoms with Crippen LogP contribution in [0.5, 0.6) is 0 Å². The Balaban J connectivity index is 0.000000205. The fourth-order valence-corrected chi connectivity index (χ4v) is 24.4. The van der Waals surface area contributed by atoms with Crippen molar-refractivity contribution in [3.63, 3.8) is 0 Å². The number of Topliss-reactive ketones (excluding diaryl/α,β-unsaturated/α-hetero) is 4. The molecule has 20 N–H and O–H groups in total. The molecule has 42 heteroatoms. The number of piperidine rings is 4. The summed E-state index contributed by atoms with van der Waals surface area (Å²) in [6, 6.07) is -12.9. The molecule has 0 spiro atoms. The van der Waals surface area contributed by atoms with Gasteiger partial charge in [0.25, 0.3) is 23.6 Å². The summed E-state index contributed by atoms with van der Waals surface area (Å²) in [6.07, 6.45) is 16.6. The number of nitrogens with one attached hydrogen (secondary N) is 12. The van der Waals surface area contributed by atoms with E-state index in [2.05, 4.69) is 105 Å². The fraction of sp³-hybridized carbons (Fsp3) is 0.815. The highest BCUT2D eigenvalue weighted by Gasteiger charge is 2.76. The maximum absolute atomic E-state index is 14.2. The number of ketones is 4. The monoisotopic (exact) mass is 2140 g/mol. The van der Waals surface area contributed by atoms with Gasteiger partial charge in [-0.15, -0.1) is 23.2 Å². The highest BCUT2D eigenvalue weighted by atomic mass is 35.5. The number of fused-ring (bicyclic) bond motifs is 4. The van der Waals surface area contributed by atoms with Gasteiger partial charge in [-0.2, -0.15) is 0 Å². The third kappa shape index (κ3) is 29.4. The molecule has 4 saturated heterocycles. The van der Waals surface area contributed by atoms with Crippen molar-refractivity contribution in [1.29, 1.82) is 0 Å². The standard InChI is InChI=1S/C29H45Cl2N5O5.C27H45N5O5.2C26H43N5O5/c1-15(28(2,3)4)33-27(41)35-21(17-11-6-5-7-12-17)26(40)36-14-18-20(29(18,30)31)22(36)25(39)34-19(23(37)24(32)38)13-16-9-8-10-16;1-25(2,3)20(30-24(37)31-26(4,5)6)23(36)32-13-15-17(27(15,7)8)18(32)22(35)29-16(19(33)21(28)34)12-14-10-9-11-14;1-24(2,3)19(29-23(36)30-25(4,5)6)22(35)31-12-14-16(26(14,7)8)17(31)21(34)28-15(11-13-9-10-13)18(32)20(27)33;1-13(2)28-24(36)30-20(25(3,4)5)23(35)31-12-15-17(26(15,6)7)18(31)22(34)29-16(19(32)21(27)33)11-14-9-8-10-14/h15-22H,5-14H2,1-4H3,(H2,32,38)(H,34,39)(H2,33,35,41);14-18,20H,9-13H2,1-8H3,(H2,28,34)(H,29,35)(H2,30,31,37);13-17,19H,9-12H2,1-8H3,(H2,27,33)(H,28,34)(H2,29,30,36);13-18,20H,8-12H2,1-7H3,(H2,27,33)(H,29,34)(H2,28,30,36)/t15?,18?,19?,20?,21-,22-;15?,16?,17?,18-,20+;14?,15?,16?,17-,19+;15?,16?,17?,18-,20+/m0000/s1. The highest BCUT2D eigenvalue weighted by Crippen LogP contribution is 2.69. The van der Waals surface area contributed by atoms with E-state index >= 15 is 0 Å². The summed E-state index contributed by atoms with van der Waals surface area (Å²) >= 11 is 13.0. The Morgan fingerprint density at radius 2 is 0.560 bits per heavy atom. The zero-order valence-corrected chi connectivity index (χ0v) is 95.1. The van der Waals surface area contributed by atoms with Gasteiger partial charge in [-0.05, 0) is 204 Å². The van der Waals surface area contributed by atoms with Crippen LogP contribution < -0.4 is 86.7 Å². The van der Waals surface area contributed by atoms with E-state index in [-0.39, 0.29) is 135 Å². The molecule has 9 aliphatic carbocycles. The zero-order valence-electron chi connectivity index (χ0n) is 93.6. The first-order valence-electron chi connectivity index (χ1n) is 54.3. The number of carbonyl (C=O) groups excluding carboxylic acids is 20. The third-order valence-electron chi connectivity index (χ3n) is 34.2. The molecule has 20 amide bonds. The number of alkyl halides is 2. The number of amides is 20. The number of likely N-dealkylation sites (tertiary alicyclic amines) is 4. The SMILES string of the molecule is CC(C)(C)NC(=O)N[C@H](C(=O)N1CC2C([C@H]1C(=O)NC(CC1CC1)C(=O)C(N)=O)C2(C)C)C(C)(C)C.CC(C)(C)NC(=O)N[C@H](C(=O)N1CC2C([C@H]1C(=O)NC(CC1CCC1)C(=O)C(N)=O)C2(C)C)C(C)(C)C.CC(C)NC(=O)N[C@H](C(=O)N1CC2C([C@H]1C(=O)NC(CC1CCC1)C(=O)C(N)=O)C2(C)C)C(C)(C)C.CC(NC(=O)N[C@H](C(=O)N1CC2C([C@H]1C(=O)NC(CC1CCC1)C(=O)C(N)=O)C2(Cl)Cl)C1CCCCC1)C(C)(C)C. The minimum absolute atomic E-state index is 0.0698. The maximum Gasteiger partial charge on any atom is 0.315 e. The van der Waals surface area contributed by atoms with Gasteiger partial charge in [0.15, 0.2) is 0 Å². The van der Waals surface area contributed by atoms with Crippen LogP contribution in [-0.4, -0.2) is 264 Å². The minimum Gasteiger partial charge on any atom is -0.363 e. The molecule has 0 radical (unpaired) electrons. The van der Waals surface area contributed by atoms with Crippen molar-refractivity contribution in [1.82, 2.24) is 83.4 Å². The molecule has 842 valence electrons. The van der Waals surface area contributed by atoms with Crippen molar-refractivity contribution in [2.45, 2.75) is 415 Å². The Hall–Kier alpha value is -10.0. The number of hydrogen-bond acceptors (Lipinski definition) is 20. The summed E-state index contributed by atoms with van der Waals surface area (Å²) in [6.45, 7) is 53.3. The third-order valence-corrected chi connectivity index (χ3v) is 35.3. The predicted octanol–water partition coefficient (Wildman–Crippen LogP) is 7.38. The van der Waals surface area contributed by atoms with Gasteiger partial charge in [0.1, 0.15) is 52.7 Å². The molecule has 150 heavy (non-hydrogen) atoms. The van der Waals surface area contributed by atoms with E-state index in [0.29, 0.717) is 45.3 Å². The average molecular weight is 2150 g/mol. The molecular weight excluding hydrogens is 1970 g/mol. The second-order valence-electron chi connectivity index (χ2n) is 53.8. The van der Waals surface area contributed by atoms with Crippen LogP contribution in [0.2, 0.25) is 0 Å². The van der Waals surface area contributed by atoms with Gasteiger partial charge >= 0.3 is 24.1 Å². The Kier molecular flexibility index (Phi) is 37.6. The molecule has 4 heterocycles. The van der Waals surface area contributed by atoms with Crippen molar-refractivity contribution in [3.05, 3.63) is 0 Å². The number of nitrogens with two attached hydrogens (primary N) is 4. The van der Waals surface area contributed by atoms with Crippen LogP contribution in [0.25, 0.3) is 0 Å². The molecular formula is C108H176Cl2N20O20. The van der Waals surface area contributed by atoms with E-state index in [4.69, 9.17) is 46.1 Å². The number of hydrogen-bond donors (Lipinski definition) is 16. The van der Waals surface area contributed by atoms with Crippen molar-refractivity contribution >= 4 is 141 Å². The lowest BCUT2D eigenvalue weighted by atomic mass is 9.80. The lowest BCUT2D eigenvalue weighted by Gasteiger charge is -2.38. The number of nitrogens with zero attached hydrogens (tertiary/aromatic N) is 4. The molecule has 40 nitrogen and oxygen atoms in total. The number of halogens is 2. The second kappa shape index (κ2) is 46.3. The van der Waals surface area contributed by atoms with Crippen LogP contribution >= 0.6 is 23.2 Å². The van der Waals surface area contributed by atoms with Gasteiger partial charge in [0.05, 0.1) is 24.2 Å². The predicted molar refractivity (Wildman–Crippen MR) is 564 cm³/mol. The van der Waals surface area contributed by atoms with Gasteiger partial charge in [0, 0.05) is 61.2 Å². The number of rotatable bonds is 35. The fourth-order valence-electron chi connectivity index (χ4n) is 23.6. The van der Waals surface area contributed by atoms with E-state index in [1.807, 2.05) is 145 Å². The van der Waals surface area contributed by atoms with Crippen molar-refractivity contribution in [2.75, 3.05) is 26.2 Å². The van der Waals surface area contributed by atoms with Gasteiger partial charge < -0.3 is 106 Å². The van der Waals surface area contributed by atoms with Crippen LogP contribution in [0.4, 0.5) is 19.2 Å². The van der Waals surface area contributed by atoms with Crippen LogP contribution in [-0.2, 0) is 76.7 Å². The van der Waals surface area contributed by atoms with Gasteiger partial charge in [0.2, 0.25) is 70.4 Å². The normalized spacial score (nSPS) is 26.8. The van der Waals surface area contributed by atoms with E-state index in [9.17, 15) is 95.9 Å². The first-order valence-corrected chi connectivity index (χ1v) is 55.1. The Morgan fingerprint density at radius 3 is 0.807 bits per heavy atom. The topological polar surface area (TPSA) is 603 Å². The summed E-state index contributed by atoms with van der Waals surface area (Å²) in [5.41, 5.74) is 17.7. The largest absolute Gasteiger partial charge is 0.363 e. The zero-order chi connectivity index (χ0) is 113. The van der Waals surface area contributed by atoms with Crippen LogP contribution in [0.3, 0.4) is 0 Å². The van der Waals surface area contributed by atoms with Crippen molar-refractivity contribution in [3.8, 4) is 0 Å². The van der Waals surface area contributed by atoms with Crippen molar-refractivity contribution < 1.29 is 95.9 Å². The van der Waals surface area contributed by atoms with Crippen LogP contribution in [0.15, 0.2) is 0 Å². The summed E-state index contributed by atoms with van der Waals surface area (Å²) < 4.78 is -1.18. The van der Waals surface area contributed by atoms with E-state index < -0.39 is 205 Å². The number of urea groups is 4. The first-order chi connectivity index (χ1) is 68.9. The van der Waals surface area contributed by atoms with Crippen molar-refractivity contribution in [2.24, 2.45) is 138 Å². The average Bonchev–Trinajstić information content (AvgIpc) is 1.54. The number of primary amides is 4. The summed E-state index contributed by atoms with van der Waals surface area (Å²) in [5, 5.41) is 33.8. The summed E-state index contributed by atoms with van der Waals surface area (Å²) in [5.74, 6) is -10.6. The van der Waals surface area contributed by atoms with Crippen LogP contribution in [0.1, 0.15) is 315 Å². The lowest BCUT2D eigenvalue weighted by Crippen LogP contribution is -2.62. The maximum atomic E-state index is 14.2. The molecule has 9 saturated carbocycles. The lowest BCUT2D eigenvalue weighted by molar-refractivity contribution is -0.145. The molecule has 13 unspecified atom stereocenters. The molecule has 0 aromatic carbocycles. The molecule has 13 rings (SSSR count). The van der Waals surface area contributed by atoms with Crippen LogP contribution in [0, 0.1) is 115 Å². The van der Waals surface area contributed by atoms with E-state index in [0.717, 1.165) is 103 Å². The summed E-state index contributed by atoms with van der Waals surface area (Å²) in [4.78, 5) is 264. The molecule has 4 aliphatic heterocycles. The molecule has 13 aliphatic rings. The molecule has 0 aromatic heterocycles. The quantitative estimate of drug-likeness (QED) is 0.0217. The van der Waals surface area contributed by atoms with E-state index in [1.54, 1.807) is 14.7 Å². The smallest absolute Gasteiger partial charge is 0.315 e. The Morgan fingerprint density at radius 1 is 0.300 bits per heavy atom. The highest BCUT2D eigenvalue weighted by molar-refractivity contribution is 6.51. The first kappa shape index (κ1) is 122.